The molecule has 22 heavy (non-hydrogen) atoms. The molecule has 0 unspecified atom stereocenters. The van der Waals surface area contributed by atoms with Crippen LogP contribution in [0.1, 0.15) is 30.9 Å². The van der Waals surface area contributed by atoms with Gasteiger partial charge in [0.15, 0.2) is 0 Å². The molecule has 2 aromatic rings. The quantitative estimate of drug-likeness (QED) is 0.856. The minimum atomic E-state index is -0.122. The smallest absolute Gasteiger partial charge is 0.319 e. The van der Waals surface area contributed by atoms with Crippen LogP contribution in [0.2, 0.25) is 0 Å². The number of amides is 2. The Morgan fingerprint density at radius 2 is 1.73 bits per heavy atom. The van der Waals surface area contributed by atoms with E-state index < -0.39 is 0 Å². The van der Waals surface area contributed by atoms with E-state index in [1.807, 2.05) is 30.3 Å². The van der Waals surface area contributed by atoms with Crippen LogP contribution < -0.4 is 10.6 Å². The number of para-hydroxylation sites is 1. The van der Waals surface area contributed by atoms with E-state index in [-0.39, 0.29) is 11.4 Å². The number of nitrogens with one attached hydrogen (secondary N) is 2. The van der Waals surface area contributed by atoms with Gasteiger partial charge in [0.25, 0.3) is 0 Å². The number of urea groups is 1. The number of hydrogen-bond donors (Lipinski definition) is 2. The lowest BCUT2D eigenvalue weighted by Crippen LogP contribution is -2.35. The molecule has 2 amide bonds. The van der Waals surface area contributed by atoms with Crippen molar-refractivity contribution < 1.29 is 4.79 Å². The number of anilines is 1. The average molecular weight is 294 g/mol. The highest BCUT2D eigenvalue weighted by Crippen LogP contribution is 2.47. The largest absolute Gasteiger partial charge is 0.337 e. The van der Waals surface area contributed by atoms with Crippen molar-refractivity contribution in [1.82, 2.24) is 5.32 Å². The van der Waals surface area contributed by atoms with E-state index in [1.54, 1.807) is 0 Å². The van der Waals surface area contributed by atoms with Crippen LogP contribution in [0.15, 0.2) is 54.6 Å². The van der Waals surface area contributed by atoms with Gasteiger partial charge in [-0.25, -0.2) is 4.79 Å². The van der Waals surface area contributed by atoms with Gasteiger partial charge in [-0.15, -0.1) is 0 Å². The van der Waals surface area contributed by atoms with Gasteiger partial charge in [-0.3, -0.25) is 0 Å². The molecule has 0 radical (unpaired) electrons. The van der Waals surface area contributed by atoms with Gasteiger partial charge in [-0.2, -0.15) is 0 Å². The lowest BCUT2D eigenvalue weighted by Gasteiger charge is -2.17. The van der Waals surface area contributed by atoms with Crippen LogP contribution in [0.4, 0.5) is 10.5 Å². The van der Waals surface area contributed by atoms with Crippen molar-refractivity contribution in [3.63, 3.8) is 0 Å². The normalized spacial score (nSPS) is 15.1. The molecule has 2 N–H and O–H groups in total. The third-order valence-corrected chi connectivity index (χ3v) is 4.47. The van der Waals surface area contributed by atoms with Crippen LogP contribution in [-0.2, 0) is 11.8 Å². The lowest BCUT2D eigenvalue weighted by atomic mass is 9.96. The van der Waals surface area contributed by atoms with E-state index >= 15 is 0 Å². The molecule has 0 bridgehead atoms. The molecule has 3 heteroatoms. The molecule has 2 aromatic carbocycles. The highest BCUT2D eigenvalue weighted by atomic mass is 16.2. The molecule has 1 fully saturated rings. The highest BCUT2D eigenvalue weighted by molar-refractivity contribution is 5.90. The molecule has 0 heterocycles. The summed E-state index contributed by atoms with van der Waals surface area (Å²) in [6, 6.07) is 18.3. The molecule has 0 atom stereocenters. The van der Waals surface area contributed by atoms with Crippen molar-refractivity contribution in [3.8, 4) is 0 Å². The van der Waals surface area contributed by atoms with Gasteiger partial charge in [0.05, 0.1) is 0 Å². The molecule has 1 saturated carbocycles. The first-order valence-electron chi connectivity index (χ1n) is 7.92. The maximum absolute atomic E-state index is 12.2. The molecular weight excluding hydrogens is 272 g/mol. The Labute approximate surface area is 131 Å². The summed E-state index contributed by atoms with van der Waals surface area (Å²) in [7, 11) is 0. The van der Waals surface area contributed by atoms with Crippen LogP contribution in [0.5, 0.6) is 0 Å². The Morgan fingerprint density at radius 1 is 1.05 bits per heavy atom. The highest BCUT2D eigenvalue weighted by Gasteiger charge is 2.44. The van der Waals surface area contributed by atoms with E-state index in [0.717, 1.165) is 30.5 Å². The van der Waals surface area contributed by atoms with Crippen molar-refractivity contribution in [1.29, 1.82) is 0 Å². The maximum atomic E-state index is 12.2. The fourth-order valence-electron chi connectivity index (χ4n) is 2.88. The fourth-order valence-corrected chi connectivity index (χ4v) is 2.88. The van der Waals surface area contributed by atoms with Crippen LogP contribution >= 0.6 is 0 Å². The third-order valence-electron chi connectivity index (χ3n) is 4.47. The van der Waals surface area contributed by atoms with Crippen molar-refractivity contribution in [2.75, 3.05) is 11.9 Å². The summed E-state index contributed by atoms with van der Waals surface area (Å²) in [5.41, 5.74) is 3.52. The summed E-state index contributed by atoms with van der Waals surface area (Å²) in [6.45, 7) is 2.78. The molecule has 3 nitrogen and oxygen atoms in total. The molecule has 1 aliphatic rings. The van der Waals surface area contributed by atoms with Crippen molar-refractivity contribution in [2.24, 2.45) is 0 Å². The van der Waals surface area contributed by atoms with Gasteiger partial charge < -0.3 is 10.6 Å². The van der Waals surface area contributed by atoms with Gasteiger partial charge in [-0.1, -0.05) is 55.5 Å². The Bertz CT molecular complexity index is 647. The van der Waals surface area contributed by atoms with E-state index in [0.29, 0.717) is 6.54 Å². The minimum absolute atomic E-state index is 0.122. The summed E-state index contributed by atoms with van der Waals surface area (Å²) in [5.74, 6) is 0. The average Bonchev–Trinajstić information content (AvgIpc) is 3.36. The first-order valence-corrected chi connectivity index (χ1v) is 7.92. The second-order valence-electron chi connectivity index (χ2n) is 5.96. The predicted octanol–water partition coefficient (Wildman–Crippen LogP) is 4.10. The van der Waals surface area contributed by atoms with Gasteiger partial charge >= 0.3 is 6.03 Å². The zero-order valence-electron chi connectivity index (χ0n) is 12.9. The molecular formula is C19H22N2O. The van der Waals surface area contributed by atoms with Gasteiger partial charge in [0, 0.05) is 17.6 Å². The first-order chi connectivity index (χ1) is 10.7. The monoisotopic (exact) mass is 294 g/mol. The van der Waals surface area contributed by atoms with E-state index in [9.17, 15) is 4.79 Å². The summed E-state index contributed by atoms with van der Waals surface area (Å²) >= 11 is 0. The van der Waals surface area contributed by atoms with Gasteiger partial charge in [0.2, 0.25) is 0 Å². The Morgan fingerprint density at radius 3 is 2.41 bits per heavy atom. The van der Waals surface area contributed by atoms with Crippen LogP contribution in [0.25, 0.3) is 0 Å². The SMILES string of the molecule is CCc1ccccc1NC(=O)NCC1(c2ccccc2)CC1. The van der Waals surface area contributed by atoms with Crippen molar-refractivity contribution in [3.05, 3.63) is 65.7 Å². The number of carbonyl (C=O) groups excluding carboxylic acids is 1. The Balaban J connectivity index is 1.59. The molecule has 114 valence electrons. The molecule has 0 aromatic heterocycles. The summed E-state index contributed by atoms with van der Waals surface area (Å²) < 4.78 is 0. The maximum Gasteiger partial charge on any atom is 0.319 e. The zero-order valence-corrected chi connectivity index (χ0v) is 12.9. The fraction of sp³-hybridized carbons (Fsp3) is 0.316. The standard InChI is InChI=1S/C19H22N2O/c1-2-15-8-6-7-11-17(15)21-18(22)20-14-19(12-13-19)16-9-4-3-5-10-16/h3-11H,2,12-14H2,1H3,(H2,20,21,22). The molecule has 3 rings (SSSR count). The van der Waals surface area contributed by atoms with Crippen molar-refractivity contribution >= 4 is 11.7 Å². The number of aryl methyl sites for hydroxylation is 1. The van der Waals surface area contributed by atoms with Crippen molar-refractivity contribution in [2.45, 2.75) is 31.6 Å². The predicted molar refractivity (Wildman–Crippen MR) is 90.2 cm³/mol. The van der Waals surface area contributed by atoms with E-state index in [1.165, 1.54) is 5.56 Å². The number of hydrogen-bond acceptors (Lipinski definition) is 1. The topological polar surface area (TPSA) is 41.1 Å². The Hall–Kier alpha value is -2.29. The minimum Gasteiger partial charge on any atom is -0.337 e. The third kappa shape index (κ3) is 3.14. The number of carbonyl (C=O) groups is 1. The van der Waals surface area contributed by atoms with Gasteiger partial charge in [-0.05, 0) is 36.5 Å². The van der Waals surface area contributed by atoms with Crippen LogP contribution in [-0.4, -0.2) is 12.6 Å². The molecule has 0 spiro atoms. The van der Waals surface area contributed by atoms with Gasteiger partial charge in [0.1, 0.15) is 0 Å². The van der Waals surface area contributed by atoms with E-state index in [2.05, 4.69) is 41.8 Å². The zero-order chi connectivity index (χ0) is 15.4. The van der Waals surface area contributed by atoms with Crippen LogP contribution in [0.3, 0.4) is 0 Å². The lowest BCUT2D eigenvalue weighted by molar-refractivity contribution is 0.251. The summed E-state index contributed by atoms with van der Waals surface area (Å²) in [4.78, 5) is 12.2. The second-order valence-corrected chi connectivity index (χ2v) is 5.96. The number of benzene rings is 2. The summed E-state index contributed by atoms with van der Waals surface area (Å²) in [5, 5.41) is 6.00. The molecule has 1 aliphatic carbocycles. The molecule has 0 saturated heterocycles. The summed E-state index contributed by atoms with van der Waals surface area (Å²) in [6.07, 6.45) is 3.19. The first kappa shape index (κ1) is 14.6. The second kappa shape index (κ2) is 6.22. The van der Waals surface area contributed by atoms with E-state index in [4.69, 9.17) is 0 Å². The molecule has 0 aliphatic heterocycles. The number of rotatable bonds is 5. The van der Waals surface area contributed by atoms with Crippen LogP contribution in [0, 0.1) is 0 Å². The Kier molecular flexibility index (Phi) is 4.14.